The van der Waals surface area contributed by atoms with Gasteiger partial charge in [-0.15, -0.1) is 0 Å². The van der Waals surface area contributed by atoms with Crippen molar-refractivity contribution < 1.29 is 14.4 Å². The normalized spacial score (nSPS) is 12.7. The SMILES string of the molecule is O=C1C=C(C(=O)NNC(=O)c2cc(-c3ccccc3)nn2-c2ccccc2)C=C[N]1. The fourth-order valence-corrected chi connectivity index (χ4v) is 2.86. The van der Waals surface area contributed by atoms with Gasteiger partial charge in [0.15, 0.2) is 0 Å². The van der Waals surface area contributed by atoms with Gasteiger partial charge in [-0.3, -0.25) is 25.2 Å². The quantitative estimate of drug-likeness (QED) is 0.655. The number of hydrazine groups is 1. The van der Waals surface area contributed by atoms with Crippen LogP contribution < -0.4 is 16.2 Å². The Morgan fingerprint density at radius 2 is 1.53 bits per heavy atom. The minimum atomic E-state index is -0.628. The maximum absolute atomic E-state index is 12.8. The van der Waals surface area contributed by atoms with Gasteiger partial charge in [0.05, 0.1) is 11.4 Å². The van der Waals surface area contributed by atoms with Crippen LogP contribution in [0.4, 0.5) is 0 Å². The number of nitrogens with one attached hydrogen (secondary N) is 2. The van der Waals surface area contributed by atoms with E-state index in [-0.39, 0.29) is 11.3 Å². The molecule has 1 aliphatic rings. The predicted molar refractivity (Wildman–Crippen MR) is 109 cm³/mol. The number of para-hydroxylation sites is 1. The second-order valence-electron chi connectivity index (χ2n) is 6.32. The molecular weight excluding hydrogens is 382 g/mol. The Morgan fingerprint density at radius 3 is 2.23 bits per heavy atom. The molecule has 0 spiro atoms. The summed E-state index contributed by atoms with van der Waals surface area (Å²) in [4.78, 5) is 36.3. The van der Waals surface area contributed by atoms with Gasteiger partial charge in [0.25, 0.3) is 17.7 Å². The largest absolute Gasteiger partial charge is 0.288 e. The number of rotatable bonds is 4. The lowest BCUT2D eigenvalue weighted by Crippen LogP contribution is -2.43. The molecule has 8 heteroatoms. The molecule has 1 aliphatic heterocycles. The molecule has 0 unspecified atom stereocenters. The third-order valence-electron chi connectivity index (χ3n) is 4.30. The molecule has 147 valence electrons. The topological polar surface area (TPSA) is 107 Å². The lowest BCUT2D eigenvalue weighted by Gasteiger charge is -2.10. The van der Waals surface area contributed by atoms with E-state index in [0.29, 0.717) is 11.4 Å². The Hall–Kier alpha value is -4.46. The van der Waals surface area contributed by atoms with E-state index in [0.717, 1.165) is 11.6 Å². The first-order chi connectivity index (χ1) is 14.6. The Kier molecular flexibility index (Phi) is 5.21. The highest BCUT2D eigenvalue weighted by Crippen LogP contribution is 2.21. The summed E-state index contributed by atoms with van der Waals surface area (Å²) >= 11 is 0. The first-order valence-electron chi connectivity index (χ1n) is 9.06. The van der Waals surface area contributed by atoms with Gasteiger partial charge in [0, 0.05) is 23.4 Å². The van der Waals surface area contributed by atoms with E-state index in [2.05, 4.69) is 21.3 Å². The zero-order valence-corrected chi connectivity index (χ0v) is 15.6. The summed E-state index contributed by atoms with van der Waals surface area (Å²) in [5.41, 5.74) is 7.17. The van der Waals surface area contributed by atoms with Crippen molar-refractivity contribution in [3.63, 3.8) is 0 Å². The molecular formula is C22H16N5O3. The Morgan fingerprint density at radius 1 is 0.867 bits per heavy atom. The Labute approximate surface area is 171 Å². The van der Waals surface area contributed by atoms with Gasteiger partial charge >= 0.3 is 0 Å². The summed E-state index contributed by atoms with van der Waals surface area (Å²) in [6, 6.07) is 20.3. The van der Waals surface area contributed by atoms with Crippen LogP contribution in [-0.4, -0.2) is 27.5 Å². The highest BCUT2D eigenvalue weighted by molar-refractivity contribution is 6.05. The van der Waals surface area contributed by atoms with E-state index in [4.69, 9.17) is 0 Å². The third-order valence-corrected chi connectivity index (χ3v) is 4.30. The smallest absolute Gasteiger partial charge is 0.267 e. The van der Waals surface area contributed by atoms with E-state index in [1.165, 1.54) is 17.0 Å². The van der Waals surface area contributed by atoms with Crippen molar-refractivity contribution in [2.45, 2.75) is 0 Å². The van der Waals surface area contributed by atoms with Crippen molar-refractivity contribution in [1.29, 1.82) is 0 Å². The van der Waals surface area contributed by atoms with Crippen molar-refractivity contribution in [3.05, 3.63) is 96.3 Å². The number of hydrogen-bond acceptors (Lipinski definition) is 4. The average Bonchev–Trinajstić information content (AvgIpc) is 3.24. The monoisotopic (exact) mass is 398 g/mol. The minimum Gasteiger partial charge on any atom is -0.267 e. The molecule has 3 amide bonds. The molecule has 2 heterocycles. The van der Waals surface area contributed by atoms with Crippen LogP contribution in [0.25, 0.3) is 16.9 Å². The van der Waals surface area contributed by atoms with E-state index in [1.54, 1.807) is 6.07 Å². The number of aromatic nitrogens is 2. The van der Waals surface area contributed by atoms with Crippen molar-refractivity contribution in [2.75, 3.05) is 0 Å². The first kappa shape index (κ1) is 18.9. The second kappa shape index (κ2) is 8.27. The van der Waals surface area contributed by atoms with E-state index in [1.807, 2.05) is 60.7 Å². The molecule has 0 atom stereocenters. The summed E-state index contributed by atoms with van der Waals surface area (Å²) in [6.45, 7) is 0. The number of amides is 3. The van der Waals surface area contributed by atoms with Gasteiger partial charge in [-0.05, 0) is 24.3 Å². The number of carbonyl (C=O) groups excluding carboxylic acids is 3. The summed E-state index contributed by atoms with van der Waals surface area (Å²) in [7, 11) is 0. The minimum absolute atomic E-state index is 0.0943. The van der Waals surface area contributed by atoms with Gasteiger partial charge in [0.1, 0.15) is 5.69 Å². The van der Waals surface area contributed by atoms with Gasteiger partial charge in [0.2, 0.25) is 0 Å². The first-order valence-corrected chi connectivity index (χ1v) is 9.06. The molecule has 0 saturated heterocycles. The number of hydrogen-bond donors (Lipinski definition) is 2. The Balaban J connectivity index is 1.60. The lowest BCUT2D eigenvalue weighted by atomic mass is 10.1. The van der Waals surface area contributed by atoms with Crippen molar-refractivity contribution in [3.8, 4) is 16.9 Å². The lowest BCUT2D eigenvalue weighted by molar-refractivity contribution is -0.119. The standard InChI is InChI=1S/C22H16N5O3/c28-20-13-16(11-12-23-20)21(29)24-25-22(30)19-14-18(15-7-3-1-4-8-15)26-27(19)17-9-5-2-6-10-17/h1-14H,(H,24,29)(H,25,30). The number of nitrogens with zero attached hydrogens (tertiary/aromatic N) is 3. The molecule has 1 radical (unpaired) electrons. The van der Waals surface area contributed by atoms with Crippen LogP contribution in [0.2, 0.25) is 0 Å². The second-order valence-corrected chi connectivity index (χ2v) is 6.32. The molecule has 4 rings (SSSR count). The maximum atomic E-state index is 12.8. The predicted octanol–water partition coefficient (Wildman–Crippen LogP) is 1.88. The third kappa shape index (κ3) is 4.02. The molecule has 8 nitrogen and oxygen atoms in total. The highest BCUT2D eigenvalue weighted by atomic mass is 16.2. The molecule has 30 heavy (non-hydrogen) atoms. The van der Waals surface area contributed by atoms with Gasteiger partial charge in [-0.25, -0.2) is 10.00 Å². The molecule has 0 bridgehead atoms. The van der Waals surface area contributed by atoms with Crippen LogP contribution in [0.1, 0.15) is 10.5 Å². The average molecular weight is 398 g/mol. The van der Waals surface area contributed by atoms with Crippen molar-refractivity contribution in [2.24, 2.45) is 0 Å². The van der Waals surface area contributed by atoms with Crippen molar-refractivity contribution in [1.82, 2.24) is 25.9 Å². The summed E-state index contributed by atoms with van der Waals surface area (Å²) < 4.78 is 1.51. The van der Waals surface area contributed by atoms with Gasteiger partial charge in [-0.2, -0.15) is 5.10 Å². The molecule has 0 aliphatic carbocycles. The molecule has 1 aromatic heterocycles. The van der Waals surface area contributed by atoms with Crippen LogP contribution in [0.3, 0.4) is 0 Å². The van der Waals surface area contributed by atoms with Crippen LogP contribution >= 0.6 is 0 Å². The van der Waals surface area contributed by atoms with E-state index < -0.39 is 17.7 Å². The molecule has 2 aromatic carbocycles. The summed E-state index contributed by atoms with van der Waals surface area (Å²) in [6.07, 6.45) is 3.70. The molecule has 2 N–H and O–H groups in total. The van der Waals surface area contributed by atoms with E-state index >= 15 is 0 Å². The van der Waals surface area contributed by atoms with E-state index in [9.17, 15) is 14.4 Å². The fourth-order valence-electron chi connectivity index (χ4n) is 2.86. The summed E-state index contributed by atoms with van der Waals surface area (Å²) in [5, 5.41) is 8.07. The Bertz CT molecular complexity index is 1160. The van der Waals surface area contributed by atoms with Gasteiger partial charge < -0.3 is 0 Å². The number of carbonyl (C=O) groups is 3. The van der Waals surface area contributed by atoms with Gasteiger partial charge in [-0.1, -0.05) is 48.5 Å². The van der Waals surface area contributed by atoms with Crippen LogP contribution in [-0.2, 0) is 9.59 Å². The van der Waals surface area contributed by atoms with Crippen LogP contribution in [0.5, 0.6) is 0 Å². The molecule has 0 saturated carbocycles. The fraction of sp³-hybridized carbons (Fsp3) is 0. The van der Waals surface area contributed by atoms with Crippen LogP contribution in [0.15, 0.2) is 90.7 Å². The van der Waals surface area contributed by atoms with Crippen LogP contribution in [0, 0.1) is 0 Å². The van der Waals surface area contributed by atoms with Crippen molar-refractivity contribution >= 4 is 17.7 Å². The highest BCUT2D eigenvalue weighted by Gasteiger charge is 2.19. The zero-order chi connectivity index (χ0) is 20.9. The summed E-state index contributed by atoms with van der Waals surface area (Å²) in [5.74, 6) is -1.72. The number of benzene rings is 2. The zero-order valence-electron chi connectivity index (χ0n) is 15.6. The molecule has 0 fully saturated rings. The molecule has 3 aromatic rings. The maximum Gasteiger partial charge on any atom is 0.288 e.